The molecule has 2 rings (SSSR count). The van der Waals surface area contributed by atoms with E-state index in [4.69, 9.17) is 5.73 Å². The summed E-state index contributed by atoms with van der Waals surface area (Å²) in [5, 5.41) is 0. The Hall–Kier alpha value is -1.40. The van der Waals surface area contributed by atoms with Crippen LogP contribution in [0.25, 0.3) is 0 Å². The molecule has 1 atom stereocenters. The number of nitrogens with two attached hydrogens (primary N) is 1. The van der Waals surface area contributed by atoms with E-state index in [1.165, 1.54) is 18.2 Å². The molecule has 0 saturated carbocycles. The average molecular weight is 321 g/mol. The van der Waals surface area contributed by atoms with Crippen LogP contribution in [0.4, 0.5) is 8.78 Å². The lowest BCUT2D eigenvalue weighted by Crippen LogP contribution is -2.47. The molecule has 1 aliphatic rings. The van der Waals surface area contributed by atoms with Crippen LogP contribution < -0.4 is 10.5 Å². The van der Waals surface area contributed by atoms with E-state index in [1.54, 1.807) is 11.0 Å². The summed E-state index contributed by atoms with van der Waals surface area (Å²) < 4.78 is 28.7. The zero-order chi connectivity index (χ0) is 14.5. The van der Waals surface area contributed by atoms with Crippen LogP contribution in [-0.4, -0.2) is 36.5 Å². The molecule has 21 heavy (non-hydrogen) atoms. The molecular weight excluding hydrogens is 302 g/mol. The molecule has 0 aliphatic carbocycles. The summed E-state index contributed by atoms with van der Waals surface area (Å²) in [6.45, 7) is -1.83. The van der Waals surface area contributed by atoms with Crippen molar-refractivity contribution >= 4 is 18.3 Å². The van der Waals surface area contributed by atoms with Gasteiger partial charge in [-0.3, -0.25) is 4.79 Å². The van der Waals surface area contributed by atoms with Crippen molar-refractivity contribution < 1.29 is 18.3 Å². The third kappa shape index (κ3) is 4.54. The molecule has 0 aromatic heterocycles. The van der Waals surface area contributed by atoms with Crippen molar-refractivity contribution in [3.05, 3.63) is 29.8 Å². The summed E-state index contributed by atoms with van der Waals surface area (Å²) in [4.78, 5) is 14.2. The fourth-order valence-electron chi connectivity index (χ4n) is 2.48. The number of likely N-dealkylation sites (tertiary alicyclic amines) is 1. The number of carbonyl (C=O) groups is 1. The standard InChI is InChI=1S/C14H18F2N2O2.ClH/c15-14(16)20-12-6-3-4-10(8-12)13(19)18-7-2-1-5-11(18)9-17;/h3-4,6,8,11,14H,1-2,5,7,9,17H2;1H. The molecule has 118 valence electrons. The fourth-order valence-corrected chi connectivity index (χ4v) is 2.48. The summed E-state index contributed by atoms with van der Waals surface area (Å²) in [5.41, 5.74) is 6.04. The zero-order valence-corrected chi connectivity index (χ0v) is 12.3. The summed E-state index contributed by atoms with van der Waals surface area (Å²) in [6.07, 6.45) is 2.88. The Morgan fingerprint density at radius 3 is 2.86 bits per heavy atom. The highest BCUT2D eigenvalue weighted by Gasteiger charge is 2.26. The number of amides is 1. The molecule has 0 radical (unpaired) electrons. The second kappa shape index (κ2) is 8.14. The molecule has 1 aromatic rings. The van der Waals surface area contributed by atoms with Crippen LogP contribution in [0.5, 0.6) is 5.75 Å². The van der Waals surface area contributed by atoms with Crippen molar-refractivity contribution in [3.63, 3.8) is 0 Å². The van der Waals surface area contributed by atoms with Crippen LogP contribution in [0.2, 0.25) is 0 Å². The second-order valence-corrected chi connectivity index (χ2v) is 4.79. The third-order valence-electron chi connectivity index (χ3n) is 3.47. The molecule has 7 heteroatoms. The highest BCUT2D eigenvalue weighted by molar-refractivity contribution is 5.94. The Morgan fingerprint density at radius 1 is 1.43 bits per heavy atom. The lowest BCUT2D eigenvalue weighted by atomic mass is 10.0. The predicted molar refractivity (Wildman–Crippen MR) is 78.1 cm³/mol. The lowest BCUT2D eigenvalue weighted by Gasteiger charge is -2.35. The molecule has 0 bridgehead atoms. The summed E-state index contributed by atoms with van der Waals surface area (Å²) in [6, 6.07) is 5.90. The van der Waals surface area contributed by atoms with Crippen molar-refractivity contribution in [3.8, 4) is 5.75 Å². The normalized spacial score (nSPS) is 18.3. The lowest BCUT2D eigenvalue weighted by molar-refractivity contribution is -0.0499. The SMILES string of the molecule is Cl.NCC1CCCCN1C(=O)c1cccc(OC(F)F)c1. The monoisotopic (exact) mass is 320 g/mol. The number of ether oxygens (including phenoxy) is 1. The Morgan fingerprint density at radius 2 is 2.19 bits per heavy atom. The minimum atomic E-state index is -2.90. The fraction of sp³-hybridized carbons (Fsp3) is 0.500. The van der Waals surface area contributed by atoms with Gasteiger partial charge in [-0.1, -0.05) is 6.07 Å². The van der Waals surface area contributed by atoms with E-state index < -0.39 is 6.61 Å². The van der Waals surface area contributed by atoms with Crippen LogP contribution in [0.1, 0.15) is 29.6 Å². The van der Waals surface area contributed by atoms with Gasteiger partial charge < -0.3 is 15.4 Å². The highest BCUT2D eigenvalue weighted by Crippen LogP contribution is 2.22. The van der Waals surface area contributed by atoms with Gasteiger partial charge in [-0.15, -0.1) is 12.4 Å². The van der Waals surface area contributed by atoms with E-state index >= 15 is 0 Å². The number of piperidine rings is 1. The van der Waals surface area contributed by atoms with E-state index in [9.17, 15) is 13.6 Å². The van der Waals surface area contributed by atoms with E-state index in [1.807, 2.05) is 0 Å². The van der Waals surface area contributed by atoms with Gasteiger partial charge in [-0.05, 0) is 37.5 Å². The van der Waals surface area contributed by atoms with Gasteiger partial charge in [-0.25, -0.2) is 0 Å². The minimum absolute atomic E-state index is 0. The molecule has 1 aliphatic heterocycles. The van der Waals surface area contributed by atoms with Gasteiger partial charge in [0.1, 0.15) is 5.75 Å². The van der Waals surface area contributed by atoms with Gasteiger partial charge in [-0.2, -0.15) is 8.78 Å². The van der Waals surface area contributed by atoms with Crippen LogP contribution in [0.3, 0.4) is 0 Å². The van der Waals surface area contributed by atoms with Gasteiger partial charge in [0.2, 0.25) is 0 Å². The number of hydrogen-bond donors (Lipinski definition) is 1. The van der Waals surface area contributed by atoms with Crippen LogP contribution in [0, 0.1) is 0 Å². The van der Waals surface area contributed by atoms with Gasteiger partial charge in [0.15, 0.2) is 0 Å². The molecule has 1 amide bonds. The molecule has 1 unspecified atom stereocenters. The zero-order valence-electron chi connectivity index (χ0n) is 11.5. The predicted octanol–water partition coefficient (Wildman–Crippen LogP) is 2.66. The van der Waals surface area contributed by atoms with Crippen molar-refractivity contribution in [2.45, 2.75) is 31.9 Å². The van der Waals surface area contributed by atoms with E-state index in [-0.39, 0.29) is 30.1 Å². The van der Waals surface area contributed by atoms with Crippen molar-refractivity contribution in [2.75, 3.05) is 13.1 Å². The summed E-state index contributed by atoms with van der Waals surface area (Å²) in [7, 11) is 0. The van der Waals surface area contributed by atoms with Gasteiger partial charge >= 0.3 is 6.61 Å². The average Bonchev–Trinajstić information content (AvgIpc) is 2.46. The third-order valence-corrected chi connectivity index (χ3v) is 3.47. The van der Waals surface area contributed by atoms with E-state index in [0.29, 0.717) is 18.7 Å². The molecule has 2 N–H and O–H groups in total. The molecular formula is C14H19ClF2N2O2. The Labute approximate surface area is 128 Å². The Bertz CT molecular complexity index is 474. The smallest absolute Gasteiger partial charge is 0.387 e. The summed E-state index contributed by atoms with van der Waals surface area (Å²) in [5.74, 6) is -0.188. The number of alkyl halides is 2. The van der Waals surface area contributed by atoms with Crippen LogP contribution >= 0.6 is 12.4 Å². The van der Waals surface area contributed by atoms with Gasteiger partial charge in [0, 0.05) is 24.7 Å². The van der Waals surface area contributed by atoms with Gasteiger partial charge in [0.05, 0.1) is 0 Å². The minimum Gasteiger partial charge on any atom is -0.435 e. The largest absolute Gasteiger partial charge is 0.435 e. The maximum absolute atomic E-state index is 12.4. The first kappa shape index (κ1) is 17.7. The maximum Gasteiger partial charge on any atom is 0.387 e. The molecule has 1 fully saturated rings. The topological polar surface area (TPSA) is 55.6 Å². The summed E-state index contributed by atoms with van der Waals surface area (Å²) >= 11 is 0. The second-order valence-electron chi connectivity index (χ2n) is 4.79. The molecule has 4 nitrogen and oxygen atoms in total. The van der Waals surface area contributed by atoms with Gasteiger partial charge in [0.25, 0.3) is 5.91 Å². The number of nitrogens with zero attached hydrogens (tertiary/aromatic N) is 1. The van der Waals surface area contributed by atoms with Crippen molar-refractivity contribution in [2.24, 2.45) is 5.73 Å². The number of hydrogen-bond acceptors (Lipinski definition) is 3. The molecule has 1 aromatic carbocycles. The number of rotatable bonds is 4. The Balaban J connectivity index is 0.00000220. The maximum atomic E-state index is 12.4. The van der Waals surface area contributed by atoms with E-state index in [2.05, 4.69) is 4.74 Å². The number of halogens is 3. The molecule has 1 saturated heterocycles. The first-order valence-electron chi connectivity index (χ1n) is 6.67. The molecule has 1 heterocycles. The van der Waals surface area contributed by atoms with Crippen molar-refractivity contribution in [1.82, 2.24) is 4.90 Å². The van der Waals surface area contributed by atoms with Crippen molar-refractivity contribution in [1.29, 1.82) is 0 Å². The first-order valence-corrected chi connectivity index (χ1v) is 6.67. The number of carbonyl (C=O) groups excluding carboxylic acids is 1. The first-order chi connectivity index (χ1) is 9.61. The van der Waals surface area contributed by atoms with Crippen LogP contribution in [-0.2, 0) is 0 Å². The highest BCUT2D eigenvalue weighted by atomic mass is 35.5. The quantitative estimate of drug-likeness (QED) is 0.928. The molecule has 0 spiro atoms. The van der Waals surface area contributed by atoms with E-state index in [0.717, 1.165) is 19.3 Å². The number of benzene rings is 1. The Kier molecular flexibility index (Phi) is 6.84. The van der Waals surface area contributed by atoms with Crippen LogP contribution in [0.15, 0.2) is 24.3 Å².